The summed E-state index contributed by atoms with van der Waals surface area (Å²) in [5.74, 6) is -2.87. The first-order valence-electron chi connectivity index (χ1n) is 8.23. The van der Waals surface area contributed by atoms with E-state index in [0.29, 0.717) is 5.76 Å². The average Bonchev–Trinajstić information content (AvgIpc) is 3.27. The number of benzene rings is 2. The highest BCUT2D eigenvalue weighted by molar-refractivity contribution is 6.22. The van der Waals surface area contributed by atoms with Crippen LogP contribution < -0.4 is 5.32 Å². The molecule has 6 nitrogen and oxygen atoms in total. The minimum atomic E-state index is -0.799. The molecule has 2 aromatic carbocycles. The molecule has 1 aromatic heterocycles. The molecule has 1 aliphatic heterocycles. The molecule has 4 rings (SSSR count). The van der Waals surface area contributed by atoms with Crippen LogP contribution in [0.15, 0.2) is 59.2 Å². The van der Waals surface area contributed by atoms with Crippen LogP contribution in [0.1, 0.15) is 36.8 Å². The number of hydrogen-bond donors (Lipinski definition) is 1. The minimum absolute atomic E-state index is 0.0309. The topological polar surface area (TPSA) is 79.6 Å². The van der Waals surface area contributed by atoms with Crippen molar-refractivity contribution < 1.29 is 27.6 Å². The molecule has 0 atom stereocenters. The van der Waals surface area contributed by atoms with Crippen molar-refractivity contribution in [3.8, 4) is 0 Å². The van der Waals surface area contributed by atoms with Gasteiger partial charge >= 0.3 is 0 Å². The molecular weight excluding hydrogens is 370 g/mol. The van der Waals surface area contributed by atoms with Gasteiger partial charge in [0.05, 0.1) is 29.6 Å². The molecule has 3 amide bonds. The zero-order valence-electron chi connectivity index (χ0n) is 14.2. The van der Waals surface area contributed by atoms with Crippen molar-refractivity contribution in [3.63, 3.8) is 0 Å². The lowest BCUT2D eigenvalue weighted by Gasteiger charge is -2.11. The molecule has 3 aromatic rings. The molecular formula is C20H12F2N2O4. The SMILES string of the molecule is O=C(Nc1cc(F)ccc1F)c1ccc2c(c1)C(=O)N(Cc1ccco1)C2=O. The normalized spacial score (nSPS) is 13.0. The molecule has 0 saturated heterocycles. The Morgan fingerprint density at radius 3 is 2.54 bits per heavy atom. The Bertz CT molecular complexity index is 1110. The predicted octanol–water partition coefficient (Wildman–Crippen LogP) is 3.61. The van der Waals surface area contributed by atoms with Gasteiger partial charge in [0.1, 0.15) is 17.4 Å². The summed E-state index contributed by atoms with van der Waals surface area (Å²) in [6.07, 6.45) is 1.43. The Balaban J connectivity index is 1.59. The van der Waals surface area contributed by atoms with Crippen molar-refractivity contribution in [2.24, 2.45) is 0 Å². The molecule has 28 heavy (non-hydrogen) atoms. The number of amides is 3. The van der Waals surface area contributed by atoms with Crippen molar-refractivity contribution >= 4 is 23.4 Å². The van der Waals surface area contributed by atoms with Crippen LogP contribution in [-0.2, 0) is 6.54 Å². The van der Waals surface area contributed by atoms with Crippen LogP contribution in [0.25, 0.3) is 0 Å². The van der Waals surface area contributed by atoms with E-state index in [1.54, 1.807) is 12.1 Å². The predicted molar refractivity (Wildman–Crippen MR) is 93.7 cm³/mol. The second-order valence-corrected chi connectivity index (χ2v) is 6.11. The fraction of sp³-hybridized carbons (Fsp3) is 0.0500. The van der Waals surface area contributed by atoms with Gasteiger partial charge in [-0.1, -0.05) is 0 Å². The fourth-order valence-electron chi connectivity index (χ4n) is 2.92. The van der Waals surface area contributed by atoms with Gasteiger partial charge in [-0.2, -0.15) is 0 Å². The number of nitrogens with zero attached hydrogens (tertiary/aromatic N) is 1. The molecule has 2 heterocycles. The second kappa shape index (κ2) is 6.73. The zero-order chi connectivity index (χ0) is 19.8. The molecule has 8 heteroatoms. The van der Waals surface area contributed by atoms with Crippen LogP contribution in [0.2, 0.25) is 0 Å². The molecule has 0 radical (unpaired) electrons. The van der Waals surface area contributed by atoms with Crippen molar-refractivity contribution in [1.29, 1.82) is 0 Å². The number of furan rings is 1. The first kappa shape index (κ1) is 17.6. The van der Waals surface area contributed by atoms with Gasteiger partial charge in [-0.15, -0.1) is 0 Å². The molecule has 0 saturated carbocycles. The smallest absolute Gasteiger partial charge is 0.261 e. The van der Waals surface area contributed by atoms with Crippen molar-refractivity contribution in [2.75, 3.05) is 5.32 Å². The molecule has 0 unspecified atom stereocenters. The standard InChI is InChI=1S/C20H12F2N2O4/c21-12-4-6-16(22)17(9-12)23-18(25)11-3-5-14-15(8-11)20(27)24(19(14)26)10-13-2-1-7-28-13/h1-9H,10H2,(H,23,25). The van der Waals surface area contributed by atoms with Crippen molar-refractivity contribution in [1.82, 2.24) is 4.90 Å². The average molecular weight is 382 g/mol. The molecule has 0 fully saturated rings. The van der Waals surface area contributed by atoms with E-state index < -0.39 is 29.4 Å². The maximum atomic E-state index is 13.7. The van der Waals surface area contributed by atoms with E-state index in [2.05, 4.69) is 5.32 Å². The van der Waals surface area contributed by atoms with Gasteiger partial charge < -0.3 is 9.73 Å². The summed E-state index contributed by atoms with van der Waals surface area (Å²) in [6.45, 7) is -0.0324. The van der Waals surface area contributed by atoms with E-state index in [9.17, 15) is 23.2 Å². The summed E-state index contributed by atoms with van der Waals surface area (Å²) in [5, 5.41) is 2.25. The number of imide groups is 1. The van der Waals surface area contributed by atoms with Crippen LogP contribution in [0.3, 0.4) is 0 Å². The van der Waals surface area contributed by atoms with Gasteiger partial charge in [0.2, 0.25) is 0 Å². The van der Waals surface area contributed by atoms with Crippen molar-refractivity contribution in [2.45, 2.75) is 6.54 Å². The fourth-order valence-corrected chi connectivity index (χ4v) is 2.92. The quantitative estimate of drug-likeness (QED) is 0.699. The first-order valence-corrected chi connectivity index (χ1v) is 8.23. The largest absolute Gasteiger partial charge is 0.467 e. The van der Waals surface area contributed by atoms with Crippen LogP contribution in [0, 0.1) is 11.6 Å². The Morgan fingerprint density at radius 1 is 1.00 bits per heavy atom. The number of carbonyl (C=O) groups is 3. The van der Waals surface area contributed by atoms with E-state index in [4.69, 9.17) is 4.42 Å². The van der Waals surface area contributed by atoms with Crippen LogP contribution in [0.5, 0.6) is 0 Å². The number of anilines is 1. The van der Waals surface area contributed by atoms with Gasteiger partial charge in [-0.25, -0.2) is 8.78 Å². The Kier molecular flexibility index (Phi) is 4.23. The van der Waals surface area contributed by atoms with Gasteiger partial charge in [-0.3, -0.25) is 19.3 Å². The highest BCUT2D eigenvalue weighted by Crippen LogP contribution is 2.26. The lowest BCUT2D eigenvalue weighted by molar-refractivity contribution is 0.0631. The second-order valence-electron chi connectivity index (χ2n) is 6.11. The maximum absolute atomic E-state index is 13.7. The van der Waals surface area contributed by atoms with Gasteiger partial charge in [0.15, 0.2) is 0 Å². The van der Waals surface area contributed by atoms with Crippen LogP contribution in [-0.4, -0.2) is 22.6 Å². The number of fused-ring (bicyclic) bond motifs is 1. The van der Waals surface area contributed by atoms with Gasteiger partial charge in [-0.05, 0) is 42.5 Å². The van der Waals surface area contributed by atoms with Crippen LogP contribution >= 0.6 is 0 Å². The van der Waals surface area contributed by atoms with Gasteiger partial charge in [0.25, 0.3) is 17.7 Å². The van der Waals surface area contributed by atoms with E-state index >= 15 is 0 Å². The van der Waals surface area contributed by atoms with E-state index in [1.165, 1.54) is 24.5 Å². The summed E-state index contributed by atoms with van der Waals surface area (Å²) in [7, 11) is 0. The number of carbonyl (C=O) groups excluding carboxylic acids is 3. The summed E-state index contributed by atoms with van der Waals surface area (Å²) >= 11 is 0. The summed E-state index contributed by atoms with van der Waals surface area (Å²) in [5.41, 5.74) is -0.0790. The molecule has 0 aliphatic carbocycles. The Morgan fingerprint density at radius 2 is 1.79 bits per heavy atom. The number of rotatable bonds is 4. The third-order valence-corrected chi connectivity index (χ3v) is 4.30. The summed E-state index contributed by atoms with van der Waals surface area (Å²) < 4.78 is 32.1. The number of hydrogen-bond acceptors (Lipinski definition) is 4. The molecule has 1 N–H and O–H groups in total. The number of halogens is 2. The third-order valence-electron chi connectivity index (χ3n) is 4.30. The molecule has 140 valence electrons. The monoisotopic (exact) mass is 382 g/mol. The summed E-state index contributed by atoms with van der Waals surface area (Å²) in [6, 6.07) is 9.89. The highest BCUT2D eigenvalue weighted by atomic mass is 19.1. The molecule has 0 spiro atoms. The van der Waals surface area contributed by atoms with E-state index in [0.717, 1.165) is 23.1 Å². The van der Waals surface area contributed by atoms with Crippen molar-refractivity contribution in [3.05, 3.63) is 88.9 Å². The summed E-state index contributed by atoms with van der Waals surface area (Å²) in [4.78, 5) is 38.4. The van der Waals surface area contributed by atoms with Gasteiger partial charge in [0, 0.05) is 11.6 Å². The van der Waals surface area contributed by atoms with E-state index in [-0.39, 0.29) is 28.9 Å². The Labute approximate surface area is 157 Å². The highest BCUT2D eigenvalue weighted by Gasteiger charge is 2.36. The molecule has 0 bridgehead atoms. The first-order chi connectivity index (χ1) is 13.4. The lowest BCUT2D eigenvalue weighted by atomic mass is 10.1. The minimum Gasteiger partial charge on any atom is -0.467 e. The zero-order valence-corrected chi connectivity index (χ0v) is 14.2. The number of nitrogens with one attached hydrogen (secondary N) is 1. The maximum Gasteiger partial charge on any atom is 0.261 e. The van der Waals surface area contributed by atoms with Crippen LogP contribution in [0.4, 0.5) is 14.5 Å². The molecule has 1 aliphatic rings. The lowest BCUT2D eigenvalue weighted by Crippen LogP contribution is -2.28. The third kappa shape index (κ3) is 3.05. The van der Waals surface area contributed by atoms with E-state index in [1.807, 2.05) is 0 Å². The Hall–Kier alpha value is -3.81.